The zero-order valence-corrected chi connectivity index (χ0v) is 13.4. The molecule has 0 radical (unpaired) electrons. The third kappa shape index (κ3) is 2.81. The fourth-order valence-corrected chi connectivity index (χ4v) is 3.44. The predicted molar refractivity (Wildman–Crippen MR) is 94.9 cm³/mol. The Kier molecular flexibility index (Phi) is 3.63. The summed E-state index contributed by atoms with van der Waals surface area (Å²) in [5.74, 6) is -0.203. The van der Waals surface area contributed by atoms with Crippen LogP contribution in [0.15, 0.2) is 60.7 Å². The fourth-order valence-electron chi connectivity index (χ4n) is 2.56. The first-order valence-corrected chi connectivity index (χ1v) is 8.25. The standard InChI is InChI=1S/C19H13NO3S/c21-19(22)18-10-13-9-15(7-8-17(13)24-18)23-11-14-6-5-12-3-1-2-4-16(12)20-14/h1-10H,11H2,(H,21,22). The number of benzene rings is 2. The number of para-hydroxylation sites is 1. The van der Waals surface area contributed by atoms with Crippen LogP contribution in [-0.2, 0) is 6.61 Å². The highest BCUT2D eigenvalue weighted by molar-refractivity contribution is 7.20. The average molecular weight is 335 g/mol. The molecule has 0 aliphatic heterocycles. The van der Waals surface area contributed by atoms with E-state index in [1.807, 2.05) is 54.6 Å². The summed E-state index contributed by atoms with van der Waals surface area (Å²) in [5, 5.41) is 11.0. The van der Waals surface area contributed by atoms with Crippen LogP contribution < -0.4 is 4.74 Å². The van der Waals surface area contributed by atoms with Crippen LogP contribution in [-0.4, -0.2) is 16.1 Å². The lowest BCUT2D eigenvalue weighted by Crippen LogP contribution is -1.98. The predicted octanol–water partition coefficient (Wildman–Crippen LogP) is 4.73. The summed E-state index contributed by atoms with van der Waals surface area (Å²) < 4.78 is 6.75. The Hall–Kier alpha value is -2.92. The van der Waals surface area contributed by atoms with Gasteiger partial charge in [0.15, 0.2) is 0 Å². The van der Waals surface area contributed by atoms with Gasteiger partial charge in [-0.05, 0) is 41.8 Å². The number of carbonyl (C=O) groups is 1. The van der Waals surface area contributed by atoms with Crippen LogP contribution in [0.5, 0.6) is 5.75 Å². The highest BCUT2D eigenvalue weighted by Gasteiger charge is 2.09. The maximum absolute atomic E-state index is 11.0. The van der Waals surface area contributed by atoms with Gasteiger partial charge < -0.3 is 9.84 Å². The van der Waals surface area contributed by atoms with Gasteiger partial charge >= 0.3 is 5.97 Å². The molecule has 24 heavy (non-hydrogen) atoms. The zero-order chi connectivity index (χ0) is 16.5. The number of carboxylic acid groups (broad SMARTS) is 1. The molecule has 0 unspecified atom stereocenters. The van der Waals surface area contributed by atoms with E-state index in [-0.39, 0.29) is 0 Å². The van der Waals surface area contributed by atoms with Gasteiger partial charge in [-0.2, -0.15) is 0 Å². The average Bonchev–Trinajstić information content (AvgIpc) is 3.03. The molecule has 2 aromatic carbocycles. The fraction of sp³-hybridized carbons (Fsp3) is 0.0526. The molecule has 4 nitrogen and oxygen atoms in total. The summed E-state index contributed by atoms with van der Waals surface area (Å²) >= 11 is 1.26. The zero-order valence-electron chi connectivity index (χ0n) is 12.6. The molecule has 0 bridgehead atoms. The molecule has 118 valence electrons. The maximum atomic E-state index is 11.0. The van der Waals surface area contributed by atoms with Crippen molar-refractivity contribution in [2.24, 2.45) is 0 Å². The summed E-state index contributed by atoms with van der Waals surface area (Å²) in [4.78, 5) is 16.0. The molecule has 2 heterocycles. The van der Waals surface area contributed by atoms with Crippen molar-refractivity contribution < 1.29 is 14.6 Å². The van der Waals surface area contributed by atoms with Crippen LogP contribution in [0.2, 0.25) is 0 Å². The van der Waals surface area contributed by atoms with E-state index in [2.05, 4.69) is 4.98 Å². The van der Waals surface area contributed by atoms with E-state index >= 15 is 0 Å². The van der Waals surface area contributed by atoms with Crippen molar-refractivity contribution in [1.29, 1.82) is 0 Å². The third-order valence-corrected chi connectivity index (χ3v) is 4.85. The van der Waals surface area contributed by atoms with Crippen molar-refractivity contribution in [1.82, 2.24) is 4.98 Å². The number of fused-ring (bicyclic) bond motifs is 2. The quantitative estimate of drug-likeness (QED) is 0.586. The van der Waals surface area contributed by atoms with Gasteiger partial charge in [-0.25, -0.2) is 9.78 Å². The Morgan fingerprint density at radius 3 is 2.79 bits per heavy atom. The van der Waals surface area contributed by atoms with Gasteiger partial charge in [0.05, 0.1) is 11.2 Å². The van der Waals surface area contributed by atoms with Crippen LogP contribution in [0.4, 0.5) is 0 Å². The minimum atomic E-state index is -0.904. The van der Waals surface area contributed by atoms with Gasteiger partial charge in [-0.15, -0.1) is 11.3 Å². The van der Waals surface area contributed by atoms with Crippen molar-refractivity contribution in [2.75, 3.05) is 0 Å². The number of thiophene rings is 1. The molecule has 0 amide bonds. The summed E-state index contributed by atoms with van der Waals surface area (Å²) in [6, 6.07) is 19.2. The molecule has 0 aliphatic carbocycles. The molecule has 0 saturated carbocycles. The Balaban J connectivity index is 1.55. The molecule has 0 atom stereocenters. The molecule has 2 aromatic heterocycles. The summed E-state index contributed by atoms with van der Waals surface area (Å²) in [6.07, 6.45) is 0. The number of aromatic nitrogens is 1. The maximum Gasteiger partial charge on any atom is 0.345 e. The van der Waals surface area contributed by atoms with E-state index in [1.165, 1.54) is 11.3 Å². The lowest BCUT2D eigenvalue weighted by molar-refractivity contribution is 0.0702. The molecule has 0 aliphatic rings. The van der Waals surface area contributed by atoms with Gasteiger partial charge in [0.1, 0.15) is 17.2 Å². The van der Waals surface area contributed by atoms with Crippen LogP contribution in [0, 0.1) is 0 Å². The number of rotatable bonds is 4. The van der Waals surface area contributed by atoms with Crippen molar-refractivity contribution in [3.63, 3.8) is 0 Å². The van der Waals surface area contributed by atoms with Crippen LogP contribution in [0.25, 0.3) is 21.0 Å². The lowest BCUT2D eigenvalue weighted by Gasteiger charge is -2.07. The number of pyridine rings is 1. The van der Waals surface area contributed by atoms with Crippen LogP contribution >= 0.6 is 11.3 Å². The number of ether oxygens (including phenoxy) is 1. The highest BCUT2D eigenvalue weighted by atomic mass is 32.1. The topological polar surface area (TPSA) is 59.4 Å². The first-order chi connectivity index (χ1) is 11.7. The van der Waals surface area contributed by atoms with Crippen molar-refractivity contribution in [2.45, 2.75) is 6.61 Å². The molecule has 0 spiro atoms. The SMILES string of the molecule is O=C(O)c1cc2cc(OCc3ccc4ccccc4n3)ccc2s1. The second-order valence-electron chi connectivity index (χ2n) is 5.40. The Labute approximate surface area is 142 Å². The monoisotopic (exact) mass is 335 g/mol. The van der Waals surface area contributed by atoms with Crippen molar-refractivity contribution in [3.05, 3.63) is 71.2 Å². The molecule has 1 N–H and O–H groups in total. The van der Waals surface area contributed by atoms with Crippen LogP contribution in [0.3, 0.4) is 0 Å². The number of nitrogens with zero attached hydrogens (tertiary/aromatic N) is 1. The van der Waals surface area contributed by atoms with Crippen molar-refractivity contribution in [3.8, 4) is 5.75 Å². The smallest absolute Gasteiger partial charge is 0.345 e. The van der Waals surface area contributed by atoms with Crippen LogP contribution in [0.1, 0.15) is 15.4 Å². The van der Waals surface area contributed by atoms with E-state index in [1.54, 1.807) is 6.07 Å². The molecular weight excluding hydrogens is 322 g/mol. The molecule has 5 heteroatoms. The van der Waals surface area contributed by atoms with Gasteiger partial charge in [-0.3, -0.25) is 0 Å². The Morgan fingerprint density at radius 2 is 1.92 bits per heavy atom. The number of hydrogen-bond acceptors (Lipinski definition) is 4. The van der Waals surface area contributed by atoms with E-state index in [9.17, 15) is 4.79 Å². The van der Waals surface area contributed by atoms with Gasteiger partial charge in [0.25, 0.3) is 0 Å². The molecule has 0 fully saturated rings. The highest BCUT2D eigenvalue weighted by Crippen LogP contribution is 2.29. The normalized spacial score (nSPS) is 11.0. The first kappa shape index (κ1) is 14.7. The number of hydrogen-bond donors (Lipinski definition) is 1. The third-order valence-electron chi connectivity index (χ3n) is 3.74. The minimum Gasteiger partial charge on any atom is -0.487 e. The van der Waals surface area contributed by atoms with Gasteiger partial charge in [0.2, 0.25) is 0 Å². The molecule has 4 aromatic rings. The largest absolute Gasteiger partial charge is 0.487 e. The Bertz CT molecular complexity index is 1050. The second kappa shape index (κ2) is 5.94. The summed E-state index contributed by atoms with van der Waals surface area (Å²) in [6.45, 7) is 0.367. The number of carboxylic acids is 1. The first-order valence-electron chi connectivity index (χ1n) is 7.43. The second-order valence-corrected chi connectivity index (χ2v) is 6.48. The lowest BCUT2D eigenvalue weighted by atomic mass is 10.2. The van der Waals surface area contributed by atoms with Gasteiger partial charge in [-0.1, -0.05) is 24.3 Å². The summed E-state index contributed by atoms with van der Waals surface area (Å²) in [5.41, 5.74) is 1.79. The van der Waals surface area contributed by atoms with E-state index < -0.39 is 5.97 Å². The Morgan fingerprint density at radius 1 is 1.04 bits per heavy atom. The molecular formula is C19H13NO3S. The molecule has 4 rings (SSSR count). The van der Waals surface area contributed by atoms with E-state index in [0.29, 0.717) is 17.2 Å². The summed E-state index contributed by atoms with van der Waals surface area (Å²) in [7, 11) is 0. The van der Waals surface area contributed by atoms with E-state index in [0.717, 1.165) is 26.7 Å². The molecule has 0 saturated heterocycles. The minimum absolute atomic E-state index is 0.332. The number of aromatic carboxylic acids is 1. The van der Waals surface area contributed by atoms with Crippen molar-refractivity contribution >= 4 is 38.3 Å². The van der Waals surface area contributed by atoms with Gasteiger partial charge in [0, 0.05) is 10.1 Å². The van der Waals surface area contributed by atoms with E-state index in [4.69, 9.17) is 9.84 Å².